The highest BCUT2D eigenvalue weighted by atomic mass is 35.5. The molecule has 2 heterocycles. The number of anilines is 2. The van der Waals surface area contributed by atoms with Gasteiger partial charge in [0.05, 0.1) is 11.6 Å². The largest absolute Gasteiger partial charge is 0.355 e. The fraction of sp³-hybridized carbons (Fsp3) is 0.190. The molecule has 1 fully saturated rings. The van der Waals surface area contributed by atoms with E-state index in [4.69, 9.17) is 11.6 Å². The Morgan fingerprint density at radius 2 is 1.89 bits per heavy atom. The van der Waals surface area contributed by atoms with E-state index in [0.717, 1.165) is 28.3 Å². The van der Waals surface area contributed by atoms with E-state index < -0.39 is 0 Å². The predicted octanol–water partition coefficient (Wildman–Crippen LogP) is 4.18. The third-order valence-electron chi connectivity index (χ3n) is 4.74. The number of nitrogens with zero attached hydrogens (tertiary/aromatic N) is 3. The molecule has 0 radical (unpaired) electrons. The molecule has 0 unspecified atom stereocenters. The number of amides is 1. The minimum absolute atomic E-state index is 0.00325. The second kappa shape index (κ2) is 7.37. The first-order valence-corrected chi connectivity index (χ1v) is 9.17. The lowest BCUT2D eigenvalue weighted by Crippen LogP contribution is -2.52. The molecule has 5 nitrogen and oxygen atoms in total. The summed E-state index contributed by atoms with van der Waals surface area (Å²) in [5, 5.41) is 3.59. The van der Waals surface area contributed by atoms with E-state index in [-0.39, 0.29) is 11.8 Å². The number of benzene rings is 2. The molecule has 1 aromatic heterocycles. The Bertz CT molecular complexity index is 971. The molecule has 136 valence electrons. The second-order valence-corrected chi connectivity index (χ2v) is 7.09. The van der Waals surface area contributed by atoms with Gasteiger partial charge < -0.3 is 10.2 Å². The molecule has 4 rings (SSSR count). The van der Waals surface area contributed by atoms with Crippen molar-refractivity contribution in [3.05, 3.63) is 71.5 Å². The number of carbonyl (C=O) groups is 1. The summed E-state index contributed by atoms with van der Waals surface area (Å²) < 4.78 is 0. The van der Waals surface area contributed by atoms with Gasteiger partial charge in [-0.2, -0.15) is 0 Å². The van der Waals surface area contributed by atoms with Crippen LogP contribution in [0.2, 0.25) is 5.02 Å². The van der Waals surface area contributed by atoms with Crippen molar-refractivity contribution >= 4 is 29.0 Å². The molecule has 1 N–H and O–H groups in total. The standard InChI is InChI=1S/C21H19ClN4O/c1-14-7-8-17(9-18(14)22)25-21(27)16-11-26(12-16)20-10-19(23-13-24-20)15-5-3-2-4-6-15/h2-10,13,16H,11-12H2,1H3,(H,25,27). The van der Waals surface area contributed by atoms with Crippen LogP contribution in [-0.4, -0.2) is 29.0 Å². The SMILES string of the molecule is Cc1ccc(NC(=O)C2CN(c3cc(-c4ccccc4)ncn3)C2)cc1Cl. The van der Waals surface area contributed by atoms with Crippen molar-refractivity contribution < 1.29 is 4.79 Å². The first-order valence-electron chi connectivity index (χ1n) is 8.79. The molecule has 1 amide bonds. The van der Waals surface area contributed by atoms with Gasteiger partial charge in [0.25, 0.3) is 0 Å². The third kappa shape index (κ3) is 3.78. The van der Waals surface area contributed by atoms with Gasteiger partial charge in [-0.25, -0.2) is 9.97 Å². The lowest BCUT2D eigenvalue weighted by molar-refractivity contribution is -0.120. The first-order chi connectivity index (χ1) is 13.1. The molecular formula is C21H19ClN4O. The molecule has 1 saturated heterocycles. The zero-order valence-corrected chi connectivity index (χ0v) is 15.6. The van der Waals surface area contributed by atoms with Gasteiger partial charge in [-0.05, 0) is 24.6 Å². The Kier molecular flexibility index (Phi) is 4.77. The van der Waals surface area contributed by atoms with Gasteiger partial charge in [0.1, 0.15) is 12.1 Å². The quantitative estimate of drug-likeness (QED) is 0.739. The summed E-state index contributed by atoms with van der Waals surface area (Å²) in [5.41, 5.74) is 3.64. The number of aryl methyl sites for hydroxylation is 1. The summed E-state index contributed by atoms with van der Waals surface area (Å²) in [5.74, 6) is 0.773. The van der Waals surface area contributed by atoms with Crippen molar-refractivity contribution in [2.45, 2.75) is 6.92 Å². The second-order valence-electron chi connectivity index (χ2n) is 6.68. The third-order valence-corrected chi connectivity index (χ3v) is 5.15. The van der Waals surface area contributed by atoms with Crippen LogP contribution < -0.4 is 10.2 Å². The van der Waals surface area contributed by atoms with Crippen LogP contribution in [0.25, 0.3) is 11.3 Å². The van der Waals surface area contributed by atoms with Crippen LogP contribution in [0, 0.1) is 12.8 Å². The van der Waals surface area contributed by atoms with Gasteiger partial charge in [0.2, 0.25) is 5.91 Å². The van der Waals surface area contributed by atoms with Crippen molar-refractivity contribution in [2.24, 2.45) is 5.92 Å². The number of aromatic nitrogens is 2. The maximum Gasteiger partial charge on any atom is 0.231 e. The highest BCUT2D eigenvalue weighted by Gasteiger charge is 2.33. The molecule has 0 bridgehead atoms. The van der Waals surface area contributed by atoms with Crippen LogP contribution in [0.5, 0.6) is 0 Å². The molecule has 1 aliphatic heterocycles. The Morgan fingerprint density at radius 1 is 1.11 bits per heavy atom. The molecule has 3 aromatic rings. The van der Waals surface area contributed by atoms with Gasteiger partial charge in [-0.3, -0.25) is 4.79 Å². The van der Waals surface area contributed by atoms with Crippen LogP contribution in [-0.2, 0) is 4.79 Å². The molecule has 0 spiro atoms. The zero-order valence-electron chi connectivity index (χ0n) is 14.9. The lowest BCUT2D eigenvalue weighted by atomic mass is 9.98. The Hall–Kier alpha value is -2.92. The van der Waals surface area contributed by atoms with E-state index in [1.807, 2.05) is 55.5 Å². The van der Waals surface area contributed by atoms with Crippen LogP contribution >= 0.6 is 11.6 Å². The topological polar surface area (TPSA) is 58.1 Å². The number of hydrogen-bond acceptors (Lipinski definition) is 4. The number of carbonyl (C=O) groups excluding carboxylic acids is 1. The van der Waals surface area contributed by atoms with E-state index in [1.165, 1.54) is 0 Å². The molecule has 2 aromatic carbocycles. The lowest BCUT2D eigenvalue weighted by Gasteiger charge is -2.39. The van der Waals surface area contributed by atoms with Gasteiger partial charge in [-0.15, -0.1) is 0 Å². The van der Waals surface area contributed by atoms with E-state index in [2.05, 4.69) is 20.2 Å². The minimum atomic E-state index is -0.0692. The van der Waals surface area contributed by atoms with Gasteiger partial charge in [-0.1, -0.05) is 48.0 Å². The van der Waals surface area contributed by atoms with Crippen molar-refractivity contribution in [3.8, 4) is 11.3 Å². The van der Waals surface area contributed by atoms with Crippen molar-refractivity contribution in [2.75, 3.05) is 23.3 Å². The monoisotopic (exact) mass is 378 g/mol. The molecule has 0 aliphatic carbocycles. The fourth-order valence-corrected chi connectivity index (χ4v) is 3.21. The van der Waals surface area contributed by atoms with Gasteiger partial charge >= 0.3 is 0 Å². The normalized spacial score (nSPS) is 13.9. The fourth-order valence-electron chi connectivity index (χ4n) is 3.03. The van der Waals surface area contributed by atoms with E-state index in [1.54, 1.807) is 12.4 Å². The maximum atomic E-state index is 12.4. The Balaban J connectivity index is 1.39. The summed E-state index contributed by atoms with van der Waals surface area (Å²) in [6, 6.07) is 17.5. The summed E-state index contributed by atoms with van der Waals surface area (Å²) in [6.45, 7) is 3.20. The number of halogens is 1. The van der Waals surface area contributed by atoms with Crippen LogP contribution in [0.3, 0.4) is 0 Å². The highest BCUT2D eigenvalue weighted by Crippen LogP contribution is 2.27. The van der Waals surface area contributed by atoms with E-state index >= 15 is 0 Å². The summed E-state index contributed by atoms with van der Waals surface area (Å²) >= 11 is 6.12. The zero-order chi connectivity index (χ0) is 18.8. The number of hydrogen-bond donors (Lipinski definition) is 1. The maximum absolute atomic E-state index is 12.4. The van der Waals surface area contributed by atoms with Crippen LogP contribution in [0.1, 0.15) is 5.56 Å². The first kappa shape index (κ1) is 17.5. The summed E-state index contributed by atoms with van der Waals surface area (Å²) in [6.07, 6.45) is 1.57. The minimum Gasteiger partial charge on any atom is -0.355 e. The number of rotatable bonds is 4. The highest BCUT2D eigenvalue weighted by molar-refractivity contribution is 6.31. The smallest absolute Gasteiger partial charge is 0.231 e. The molecule has 1 aliphatic rings. The average molecular weight is 379 g/mol. The molecule has 0 atom stereocenters. The van der Waals surface area contributed by atoms with Gasteiger partial charge in [0.15, 0.2) is 0 Å². The number of nitrogens with one attached hydrogen (secondary N) is 1. The van der Waals surface area contributed by atoms with Crippen molar-refractivity contribution in [3.63, 3.8) is 0 Å². The Morgan fingerprint density at radius 3 is 2.63 bits per heavy atom. The van der Waals surface area contributed by atoms with Gasteiger partial charge in [0, 0.05) is 35.4 Å². The molecule has 0 saturated carbocycles. The molecule has 6 heteroatoms. The van der Waals surface area contributed by atoms with E-state index in [0.29, 0.717) is 18.1 Å². The Labute approximate surface area is 163 Å². The predicted molar refractivity (Wildman–Crippen MR) is 108 cm³/mol. The van der Waals surface area contributed by atoms with Crippen LogP contribution in [0.4, 0.5) is 11.5 Å². The molecular weight excluding hydrogens is 360 g/mol. The van der Waals surface area contributed by atoms with E-state index in [9.17, 15) is 4.79 Å². The van der Waals surface area contributed by atoms with Crippen molar-refractivity contribution in [1.82, 2.24) is 9.97 Å². The summed E-state index contributed by atoms with van der Waals surface area (Å²) in [7, 11) is 0. The van der Waals surface area contributed by atoms with Crippen LogP contribution in [0.15, 0.2) is 60.9 Å². The summed E-state index contributed by atoms with van der Waals surface area (Å²) in [4.78, 5) is 23.2. The van der Waals surface area contributed by atoms with Crippen molar-refractivity contribution in [1.29, 1.82) is 0 Å². The molecule has 27 heavy (non-hydrogen) atoms. The average Bonchev–Trinajstić information content (AvgIpc) is 2.64.